The first-order valence-corrected chi connectivity index (χ1v) is 8.92. The summed E-state index contributed by atoms with van der Waals surface area (Å²) in [7, 11) is 0. The van der Waals surface area contributed by atoms with Gasteiger partial charge in [-0.05, 0) is 50.6 Å². The van der Waals surface area contributed by atoms with Crippen LogP contribution in [0.4, 0.5) is 5.69 Å². The summed E-state index contributed by atoms with van der Waals surface area (Å²) in [5.74, 6) is 0.218. The molecule has 2 atom stereocenters. The fourth-order valence-electron chi connectivity index (χ4n) is 2.85. The lowest BCUT2D eigenvalue weighted by atomic mass is 10.0. The van der Waals surface area contributed by atoms with Crippen LogP contribution in [0.1, 0.15) is 43.6 Å². The van der Waals surface area contributed by atoms with Crippen LogP contribution in [0.15, 0.2) is 41.3 Å². The van der Waals surface area contributed by atoms with Crippen molar-refractivity contribution in [2.75, 3.05) is 11.9 Å². The molecule has 2 heterocycles. The number of ether oxygens (including phenoxy) is 2. The number of aromatic nitrogens is 1. The van der Waals surface area contributed by atoms with E-state index in [0.717, 1.165) is 6.42 Å². The van der Waals surface area contributed by atoms with E-state index >= 15 is 0 Å². The number of Topliss-reactive ketones (excluding diaryl/α,β-unsaturated/α-hetero) is 1. The second-order valence-electron chi connectivity index (χ2n) is 6.43. The van der Waals surface area contributed by atoms with Crippen molar-refractivity contribution in [2.45, 2.75) is 39.3 Å². The van der Waals surface area contributed by atoms with Gasteiger partial charge in [-0.15, -0.1) is 0 Å². The molecule has 7 heteroatoms. The van der Waals surface area contributed by atoms with Gasteiger partial charge < -0.3 is 19.4 Å². The molecular weight excluding hydrogens is 348 g/mol. The molecule has 1 aromatic heterocycles. The molecule has 1 aliphatic heterocycles. The average molecular weight is 370 g/mol. The Labute approximate surface area is 156 Å². The number of ketones is 1. The molecular formula is C20H22N2O5. The highest BCUT2D eigenvalue weighted by atomic mass is 16.5. The van der Waals surface area contributed by atoms with Crippen LogP contribution < -0.4 is 20.3 Å². The molecule has 0 radical (unpaired) electrons. The van der Waals surface area contributed by atoms with Gasteiger partial charge in [0.05, 0.1) is 18.3 Å². The van der Waals surface area contributed by atoms with Crippen molar-refractivity contribution < 1.29 is 19.1 Å². The Hall–Kier alpha value is -3.09. The summed E-state index contributed by atoms with van der Waals surface area (Å²) in [4.78, 5) is 37.3. The van der Waals surface area contributed by atoms with Gasteiger partial charge in [0.1, 0.15) is 5.75 Å². The van der Waals surface area contributed by atoms with Crippen LogP contribution in [-0.2, 0) is 4.79 Å². The SMILES string of the molecule is CCCOc1cccn(C(C)C(=O)c2ccc3c(c2)NC(=O)C(C)O3)c1=O. The van der Waals surface area contributed by atoms with Crippen molar-refractivity contribution in [3.05, 3.63) is 52.4 Å². The smallest absolute Gasteiger partial charge is 0.293 e. The minimum Gasteiger partial charge on any atom is -0.488 e. The summed E-state index contributed by atoms with van der Waals surface area (Å²) in [5.41, 5.74) is 0.477. The molecule has 3 rings (SSSR count). The van der Waals surface area contributed by atoms with Gasteiger partial charge in [-0.1, -0.05) is 6.92 Å². The van der Waals surface area contributed by atoms with Gasteiger partial charge in [-0.3, -0.25) is 14.4 Å². The summed E-state index contributed by atoms with van der Waals surface area (Å²) in [6, 6.07) is 7.40. The molecule has 0 spiro atoms. The topological polar surface area (TPSA) is 86.6 Å². The molecule has 0 saturated heterocycles. The minimum atomic E-state index is -0.722. The maximum absolute atomic E-state index is 12.9. The summed E-state index contributed by atoms with van der Waals surface area (Å²) in [6.07, 6.45) is 1.77. The van der Waals surface area contributed by atoms with Crippen LogP contribution in [0.5, 0.6) is 11.5 Å². The maximum atomic E-state index is 12.9. The predicted octanol–water partition coefficient (Wildman–Crippen LogP) is 2.80. The van der Waals surface area contributed by atoms with E-state index in [-0.39, 0.29) is 23.0 Å². The van der Waals surface area contributed by atoms with Crippen LogP contribution in [0, 0.1) is 0 Å². The Morgan fingerprint density at radius 2 is 2.11 bits per heavy atom. The van der Waals surface area contributed by atoms with Crippen molar-refractivity contribution in [1.29, 1.82) is 0 Å². The van der Waals surface area contributed by atoms with Crippen molar-refractivity contribution in [3.63, 3.8) is 0 Å². The Morgan fingerprint density at radius 1 is 1.33 bits per heavy atom. The normalized spacial score (nSPS) is 16.7. The summed E-state index contributed by atoms with van der Waals surface area (Å²) < 4.78 is 12.3. The Bertz CT molecular complexity index is 934. The molecule has 1 N–H and O–H groups in total. The van der Waals surface area contributed by atoms with Crippen molar-refractivity contribution in [2.24, 2.45) is 0 Å². The summed E-state index contributed by atoms with van der Waals surface area (Å²) >= 11 is 0. The quantitative estimate of drug-likeness (QED) is 0.790. The van der Waals surface area contributed by atoms with Crippen molar-refractivity contribution in [3.8, 4) is 11.5 Å². The van der Waals surface area contributed by atoms with E-state index in [2.05, 4.69) is 5.32 Å². The lowest BCUT2D eigenvalue weighted by Crippen LogP contribution is -2.34. The van der Waals surface area contributed by atoms with Crippen molar-refractivity contribution in [1.82, 2.24) is 4.57 Å². The Kier molecular flexibility index (Phi) is 5.30. The molecule has 1 aliphatic rings. The highest BCUT2D eigenvalue weighted by Crippen LogP contribution is 2.31. The zero-order valence-electron chi connectivity index (χ0n) is 15.5. The number of carbonyl (C=O) groups excluding carboxylic acids is 2. The van der Waals surface area contributed by atoms with E-state index in [9.17, 15) is 14.4 Å². The zero-order chi connectivity index (χ0) is 19.6. The van der Waals surface area contributed by atoms with Crippen molar-refractivity contribution >= 4 is 17.4 Å². The second kappa shape index (κ2) is 7.65. The van der Waals surface area contributed by atoms with Crippen LogP contribution in [0.3, 0.4) is 0 Å². The molecule has 7 nitrogen and oxygen atoms in total. The minimum absolute atomic E-state index is 0.221. The molecule has 0 saturated carbocycles. The second-order valence-corrected chi connectivity index (χ2v) is 6.43. The summed E-state index contributed by atoms with van der Waals surface area (Å²) in [6.45, 7) is 5.70. The van der Waals surface area contributed by atoms with E-state index < -0.39 is 12.1 Å². The van der Waals surface area contributed by atoms with Gasteiger partial charge in [-0.2, -0.15) is 0 Å². The van der Waals surface area contributed by atoms with Gasteiger partial charge in [0.2, 0.25) is 0 Å². The number of hydrogen-bond donors (Lipinski definition) is 1. The number of anilines is 1. The number of nitrogens with zero attached hydrogens (tertiary/aromatic N) is 1. The molecule has 0 bridgehead atoms. The van der Waals surface area contributed by atoms with E-state index in [1.807, 2.05) is 6.92 Å². The largest absolute Gasteiger partial charge is 0.488 e. The molecule has 0 aliphatic carbocycles. The molecule has 27 heavy (non-hydrogen) atoms. The third-order valence-corrected chi connectivity index (χ3v) is 4.39. The number of amides is 1. The van der Waals surface area contributed by atoms with E-state index in [1.165, 1.54) is 4.57 Å². The highest BCUT2D eigenvalue weighted by Gasteiger charge is 2.26. The standard InChI is InChI=1S/C20H22N2O5/c1-4-10-26-17-6-5-9-22(20(17)25)12(2)18(23)14-7-8-16-15(11-14)21-19(24)13(3)27-16/h5-9,11-13H,4,10H2,1-3H3,(H,21,24). The number of carbonyl (C=O) groups is 2. The van der Waals surface area contributed by atoms with Gasteiger partial charge in [0.25, 0.3) is 11.5 Å². The summed E-state index contributed by atoms with van der Waals surface area (Å²) in [5, 5.41) is 2.72. The van der Waals surface area contributed by atoms with Gasteiger partial charge in [-0.25, -0.2) is 0 Å². The molecule has 142 valence electrons. The lowest BCUT2D eigenvalue weighted by Gasteiger charge is -2.24. The van der Waals surface area contributed by atoms with Crippen LogP contribution in [-0.4, -0.2) is 29.0 Å². The predicted molar refractivity (Wildman–Crippen MR) is 101 cm³/mol. The number of fused-ring (bicyclic) bond motifs is 1. The number of rotatable bonds is 6. The fraction of sp³-hybridized carbons (Fsp3) is 0.350. The van der Waals surface area contributed by atoms with Gasteiger partial charge in [0.15, 0.2) is 17.6 Å². The maximum Gasteiger partial charge on any atom is 0.293 e. The number of nitrogens with one attached hydrogen (secondary N) is 1. The monoisotopic (exact) mass is 370 g/mol. The van der Waals surface area contributed by atoms with E-state index in [4.69, 9.17) is 9.47 Å². The first-order chi connectivity index (χ1) is 12.9. The van der Waals surface area contributed by atoms with Crippen LogP contribution in [0.25, 0.3) is 0 Å². The molecule has 1 aromatic carbocycles. The average Bonchev–Trinajstić information content (AvgIpc) is 2.66. The number of hydrogen-bond acceptors (Lipinski definition) is 5. The van der Waals surface area contributed by atoms with Gasteiger partial charge in [0, 0.05) is 11.8 Å². The molecule has 1 amide bonds. The zero-order valence-corrected chi connectivity index (χ0v) is 15.5. The van der Waals surface area contributed by atoms with E-state index in [0.29, 0.717) is 23.6 Å². The first kappa shape index (κ1) is 18.7. The van der Waals surface area contributed by atoms with Gasteiger partial charge >= 0.3 is 0 Å². The third kappa shape index (κ3) is 3.72. The van der Waals surface area contributed by atoms with Crippen LogP contribution >= 0.6 is 0 Å². The third-order valence-electron chi connectivity index (χ3n) is 4.39. The van der Waals surface area contributed by atoms with E-state index in [1.54, 1.807) is 50.4 Å². The van der Waals surface area contributed by atoms with Crippen LogP contribution in [0.2, 0.25) is 0 Å². The molecule has 0 fully saturated rings. The number of benzene rings is 1. The Morgan fingerprint density at radius 3 is 2.85 bits per heavy atom. The Balaban J connectivity index is 1.87. The molecule has 2 aromatic rings. The lowest BCUT2D eigenvalue weighted by molar-refractivity contribution is -0.122. The highest BCUT2D eigenvalue weighted by molar-refractivity contribution is 6.02. The first-order valence-electron chi connectivity index (χ1n) is 8.92. The fourth-order valence-corrected chi connectivity index (χ4v) is 2.85. The molecule has 2 unspecified atom stereocenters. The number of pyridine rings is 1.